The first-order valence-corrected chi connectivity index (χ1v) is 8.06. The van der Waals surface area contributed by atoms with E-state index in [-0.39, 0.29) is 12.0 Å². The zero-order valence-corrected chi connectivity index (χ0v) is 13.6. The van der Waals surface area contributed by atoms with Crippen molar-refractivity contribution in [3.63, 3.8) is 0 Å². The molecule has 0 radical (unpaired) electrons. The molecule has 6 nitrogen and oxygen atoms in total. The number of fused-ring (bicyclic) bond motifs is 1. The number of carbonyl (C=O) groups is 1. The van der Waals surface area contributed by atoms with E-state index < -0.39 is 0 Å². The molecular formula is C18H18N4O2. The van der Waals surface area contributed by atoms with E-state index in [1.807, 2.05) is 16.8 Å². The third kappa shape index (κ3) is 2.44. The average molecular weight is 322 g/mol. The molecule has 6 heteroatoms. The summed E-state index contributed by atoms with van der Waals surface area (Å²) in [5, 5.41) is 5.22. The standard InChI is InChI=1S/C18H18N4O2/c1-11(12-5-6-12)22-17-15(10-20-22)14(18(23)24-2)8-16(21-17)13-4-3-7-19-9-13/h3-4,7-12H,5-6H2,1-2H3/t11-/m1/s1. The molecule has 24 heavy (non-hydrogen) atoms. The van der Waals surface area contributed by atoms with E-state index in [0.29, 0.717) is 17.2 Å². The summed E-state index contributed by atoms with van der Waals surface area (Å²) in [4.78, 5) is 21.1. The van der Waals surface area contributed by atoms with Crippen molar-refractivity contribution in [1.82, 2.24) is 19.7 Å². The van der Waals surface area contributed by atoms with E-state index in [9.17, 15) is 4.79 Å². The predicted octanol–water partition coefficient (Wildman–Crippen LogP) is 3.25. The highest BCUT2D eigenvalue weighted by Gasteiger charge is 2.31. The van der Waals surface area contributed by atoms with Crippen molar-refractivity contribution < 1.29 is 9.53 Å². The van der Waals surface area contributed by atoms with E-state index in [1.165, 1.54) is 20.0 Å². The van der Waals surface area contributed by atoms with Gasteiger partial charge in [-0.1, -0.05) is 0 Å². The molecule has 0 N–H and O–H groups in total. The summed E-state index contributed by atoms with van der Waals surface area (Å²) in [6.45, 7) is 2.15. The van der Waals surface area contributed by atoms with Crippen LogP contribution in [0.25, 0.3) is 22.3 Å². The molecule has 1 aliphatic carbocycles. The van der Waals surface area contributed by atoms with E-state index in [1.54, 1.807) is 24.7 Å². The Morgan fingerprint density at radius 2 is 2.21 bits per heavy atom. The van der Waals surface area contributed by atoms with Gasteiger partial charge in [0.25, 0.3) is 0 Å². The van der Waals surface area contributed by atoms with Crippen LogP contribution in [-0.2, 0) is 4.74 Å². The fraction of sp³-hybridized carbons (Fsp3) is 0.333. The van der Waals surface area contributed by atoms with Crippen LogP contribution >= 0.6 is 0 Å². The van der Waals surface area contributed by atoms with Crippen LogP contribution in [0.1, 0.15) is 36.2 Å². The summed E-state index contributed by atoms with van der Waals surface area (Å²) < 4.78 is 6.88. The van der Waals surface area contributed by atoms with E-state index in [0.717, 1.165) is 16.6 Å². The second kappa shape index (κ2) is 5.70. The quantitative estimate of drug-likeness (QED) is 0.690. The smallest absolute Gasteiger partial charge is 0.338 e. The normalized spacial score (nSPS) is 15.4. The Balaban J connectivity index is 1.94. The Morgan fingerprint density at radius 3 is 2.88 bits per heavy atom. The lowest BCUT2D eigenvalue weighted by Gasteiger charge is -2.13. The SMILES string of the molecule is COC(=O)c1cc(-c2cccnc2)nc2c1cnn2[C@H](C)C1CC1. The highest BCUT2D eigenvalue weighted by Crippen LogP contribution is 2.40. The van der Waals surface area contributed by atoms with Gasteiger partial charge < -0.3 is 4.74 Å². The lowest BCUT2D eigenvalue weighted by Crippen LogP contribution is -2.10. The zero-order chi connectivity index (χ0) is 16.7. The molecule has 3 aromatic heterocycles. The van der Waals surface area contributed by atoms with Crippen LogP contribution in [0.2, 0.25) is 0 Å². The van der Waals surface area contributed by atoms with E-state index in [2.05, 4.69) is 17.0 Å². The number of nitrogens with zero attached hydrogens (tertiary/aromatic N) is 4. The number of aromatic nitrogens is 4. The number of carbonyl (C=O) groups excluding carboxylic acids is 1. The Hall–Kier alpha value is -2.76. The van der Waals surface area contributed by atoms with Gasteiger partial charge in [-0.15, -0.1) is 0 Å². The summed E-state index contributed by atoms with van der Waals surface area (Å²) in [5.74, 6) is 0.254. The number of hydrogen-bond acceptors (Lipinski definition) is 5. The van der Waals surface area contributed by atoms with Gasteiger partial charge in [0.1, 0.15) is 0 Å². The minimum absolute atomic E-state index is 0.268. The maximum Gasteiger partial charge on any atom is 0.338 e. The minimum Gasteiger partial charge on any atom is -0.465 e. The number of pyridine rings is 2. The van der Waals surface area contributed by atoms with Crippen LogP contribution in [0, 0.1) is 5.92 Å². The van der Waals surface area contributed by atoms with Gasteiger partial charge in [-0.05, 0) is 43.9 Å². The molecule has 1 fully saturated rings. The molecule has 1 aliphatic rings. The molecule has 0 saturated heterocycles. The fourth-order valence-electron chi connectivity index (χ4n) is 3.04. The molecule has 3 aromatic rings. The van der Waals surface area contributed by atoms with Crippen LogP contribution in [-0.4, -0.2) is 32.8 Å². The second-order valence-corrected chi connectivity index (χ2v) is 6.19. The van der Waals surface area contributed by atoms with Crippen molar-refractivity contribution in [3.05, 3.63) is 42.4 Å². The Labute approximate surface area is 139 Å². The summed E-state index contributed by atoms with van der Waals surface area (Å²) in [7, 11) is 1.38. The highest BCUT2D eigenvalue weighted by atomic mass is 16.5. The molecule has 122 valence electrons. The molecule has 1 atom stereocenters. The monoisotopic (exact) mass is 322 g/mol. The number of hydrogen-bond donors (Lipinski definition) is 0. The third-order valence-corrected chi connectivity index (χ3v) is 4.62. The van der Waals surface area contributed by atoms with Crippen molar-refractivity contribution in [3.8, 4) is 11.3 Å². The van der Waals surface area contributed by atoms with Gasteiger partial charge in [0.05, 0.1) is 36.0 Å². The van der Waals surface area contributed by atoms with Crippen LogP contribution < -0.4 is 0 Å². The molecule has 4 rings (SSSR count). The molecule has 0 aromatic carbocycles. The Morgan fingerprint density at radius 1 is 1.38 bits per heavy atom. The summed E-state index contributed by atoms with van der Waals surface area (Å²) in [5.41, 5.74) is 2.75. The third-order valence-electron chi connectivity index (χ3n) is 4.62. The molecule has 1 saturated carbocycles. The number of esters is 1. The first kappa shape index (κ1) is 14.8. The van der Waals surface area contributed by atoms with Crippen molar-refractivity contribution in [2.75, 3.05) is 7.11 Å². The molecule has 0 amide bonds. The molecular weight excluding hydrogens is 304 g/mol. The predicted molar refractivity (Wildman–Crippen MR) is 89.5 cm³/mol. The van der Waals surface area contributed by atoms with Crippen molar-refractivity contribution >= 4 is 17.0 Å². The maximum atomic E-state index is 12.2. The van der Waals surface area contributed by atoms with Crippen LogP contribution in [0.4, 0.5) is 0 Å². The lowest BCUT2D eigenvalue weighted by atomic mass is 10.1. The van der Waals surface area contributed by atoms with Crippen LogP contribution in [0.3, 0.4) is 0 Å². The molecule has 0 spiro atoms. The summed E-state index contributed by atoms with van der Waals surface area (Å²) in [6.07, 6.45) is 7.59. The van der Waals surface area contributed by atoms with Crippen LogP contribution in [0.5, 0.6) is 0 Å². The van der Waals surface area contributed by atoms with Gasteiger partial charge in [0, 0.05) is 18.0 Å². The highest BCUT2D eigenvalue weighted by molar-refractivity contribution is 6.03. The first-order valence-electron chi connectivity index (χ1n) is 8.06. The molecule has 0 unspecified atom stereocenters. The molecule has 0 aliphatic heterocycles. The van der Waals surface area contributed by atoms with Gasteiger partial charge in [-0.25, -0.2) is 14.5 Å². The topological polar surface area (TPSA) is 69.9 Å². The number of methoxy groups -OCH3 is 1. The fourth-order valence-corrected chi connectivity index (χ4v) is 3.04. The summed E-state index contributed by atoms with van der Waals surface area (Å²) in [6, 6.07) is 5.79. The van der Waals surface area contributed by atoms with E-state index >= 15 is 0 Å². The molecule has 0 bridgehead atoms. The van der Waals surface area contributed by atoms with E-state index in [4.69, 9.17) is 9.72 Å². The van der Waals surface area contributed by atoms with Gasteiger partial charge in [0.2, 0.25) is 0 Å². The maximum absolute atomic E-state index is 12.2. The lowest BCUT2D eigenvalue weighted by molar-refractivity contribution is 0.0603. The minimum atomic E-state index is -0.383. The Kier molecular flexibility index (Phi) is 3.52. The average Bonchev–Trinajstić information content (AvgIpc) is 3.39. The van der Waals surface area contributed by atoms with Crippen LogP contribution in [0.15, 0.2) is 36.8 Å². The summed E-state index contributed by atoms with van der Waals surface area (Å²) >= 11 is 0. The second-order valence-electron chi connectivity index (χ2n) is 6.19. The first-order chi connectivity index (χ1) is 11.7. The molecule has 3 heterocycles. The van der Waals surface area contributed by atoms with Gasteiger partial charge in [-0.3, -0.25) is 4.98 Å². The van der Waals surface area contributed by atoms with Gasteiger partial charge >= 0.3 is 5.97 Å². The van der Waals surface area contributed by atoms with Crippen molar-refractivity contribution in [2.24, 2.45) is 5.92 Å². The van der Waals surface area contributed by atoms with Crippen molar-refractivity contribution in [2.45, 2.75) is 25.8 Å². The number of rotatable bonds is 4. The largest absolute Gasteiger partial charge is 0.465 e. The Bertz CT molecular complexity index is 900. The number of ether oxygens (including phenoxy) is 1. The van der Waals surface area contributed by atoms with Gasteiger partial charge in [0.15, 0.2) is 5.65 Å². The van der Waals surface area contributed by atoms with Gasteiger partial charge in [-0.2, -0.15) is 5.10 Å². The van der Waals surface area contributed by atoms with Crippen molar-refractivity contribution in [1.29, 1.82) is 0 Å². The zero-order valence-electron chi connectivity index (χ0n) is 13.6.